The molecule has 0 aromatic carbocycles. The SMILES string of the molecule is CC(C)(C)CN1CCCOP1(=O)C(C)(C)C.CC(C)(C)CN1CCCO[P@@]1(=O)C(C)(C)C.CC(C)(C)CN1CCCO[P@]1(=O)C(C)(C)C. The Kier molecular flexibility index (Phi) is 16.1. The summed E-state index contributed by atoms with van der Waals surface area (Å²) in [6, 6.07) is 0. The van der Waals surface area contributed by atoms with E-state index < -0.39 is 22.6 Å². The maximum Gasteiger partial charge on any atom is 0.277 e. The average molecular weight is 742 g/mol. The van der Waals surface area contributed by atoms with Gasteiger partial charge in [0, 0.05) is 39.3 Å². The molecule has 0 radical (unpaired) electrons. The molecule has 3 aliphatic heterocycles. The van der Waals surface area contributed by atoms with E-state index in [-0.39, 0.29) is 31.7 Å². The summed E-state index contributed by atoms with van der Waals surface area (Å²) in [6.07, 6.45) is 2.95. The van der Waals surface area contributed by atoms with Gasteiger partial charge in [-0.1, -0.05) is 62.3 Å². The van der Waals surface area contributed by atoms with Gasteiger partial charge in [0.1, 0.15) is 0 Å². The van der Waals surface area contributed by atoms with Gasteiger partial charge in [0.05, 0.1) is 35.3 Å². The first-order valence-electron chi connectivity index (χ1n) is 18.2. The van der Waals surface area contributed by atoms with Gasteiger partial charge in [0.25, 0.3) is 22.6 Å². The summed E-state index contributed by atoms with van der Waals surface area (Å²) in [6.45, 7) is 44.7. The topological polar surface area (TPSA) is 88.6 Å². The zero-order valence-electron chi connectivity index (χ0n) is 34.6. The minimum absolute atomic E-state index is 0.154. The monoisotopic (exact) mass is 742 g/mol. The Morgan fingerprint density at radius 1 is 0.396 bits per heavy atom. The summed E-state index contributed by atoms with van der Waals surface area (Å²) in [5.41, 5.74) is 0.463. The third-order valence-electron chi connectivity index (χ3n) is 8.11. The molecule has 3 fully saturated rings. The molecule has 3 atom stereocenters. The smallest absolute Gasteiger partial charge is 0.277 e. The summed E-state index contributed by atoms with van der Waals surface area (Å²) in [7, 11) is -8.01. The number of rotatable bonds is 3. The van der Waals surface area contributed by atoms with Crippen molar-refractivity contribution in [3.05, 3.63) is 0 Å². The van der Waals surface area contributed by atoms with Gasteiger partial charge in [-0.2, -0.15) is 0 Å². The minimum atomic E-state index is -2.67. The zero-order valence-corrected chi connectivity index (χ0v) is 37.3. The first kappa shape index (κ1) is 46.5. The second-order valence-corrected chi connectivity index (χ2v) is 30.1. The van der Waals surface area contributed by atoms with Crippen LogP contribution in [0, 0.1) is 16.2 Å². The van der Waals surface area contributed by atoms with Crippen LogP contribution >= 0.6 is 22.6 Å². The summed E-state index contributed by atoms with van der Waals surface area (Å²) < 4.78 is 62.2. The first-order chi connectivity index (χ1) is 21.2. The van der Waals surface area contributed by atoms with Gasteiger partial charge in [-0.25, -0.2) is 14.0 Å². The van der Waals surface area contributed by atoms with Gasteiger partial charge < -0.3 is 13.6 Å². The second kappa shape index (κ2) is 16.6. The molecule has 288 valence electrons. The van der Waals surface area contributed by atoms with Crippen molar-refractivity contribution in [3.8, 4) is 0 Å². The van der Waals surface area contributed by atoms with Crippen LogP contribution in [0.1, 0.15) is 144 Å². The van der Waals surface area contributed by atoms with Crippen LogP contribution < -0.4 is 0 Å². The van der Waals surface area contributed by atoms with E-state index in [2.05, 4.69) is 76.3 Å². The van der Waals surface area contributed by atoms with Crippen LogP contribution in [0.3, 0.4) is 0 Å². The van der Waals surface area contributed by atoms with Crippen LogP contribution in [0.25, 0.3) is 0 Å². The maximum absolute atomic E-state index is 13.0. The molecule has 0 N–H and O–H groups in total. The summed E-state index contributed by atoms with van der Waals surface area (Å²) in [5.74, 6) is 0. The Morgan fingerprint density at radius 2 is 0.583 bits per heavy atom. The van der Waals surface area contributed by atoms with Crippen LogP contribution in [0.5, 0.6) is 0 Å². The highest BCUT2D eigenvalue weighted by atomic mass is 31.2. The van der Waals surface area contributed by atoms with E-state index in [0.717, 1.165) is 58.5 Å². The predicted molar refractivity (Wildman–Crippen MR) is 207 cm³/mol. The van der Waals surface area contributed by atoms with Crippen molar-refractivity contribution in [2.45, 2.75) is 159 Å². The molecule has 3 aliphatic rings. The van der Waals surface area contributed by atoms with Crippen molar-refractivity contribution in [3.63, 3.8) is 0 Å². The molecule has 12 heteroatoms. The summed E-state index contributed by atoms with van der Waals surface area (Å²) in [4.78, 5) is 0. The number of hydrogen-bond donors (Lipinski definition) is 0. The Balaban J connectivity index is 0.000000360. The van der Waals surface area contributed by atoms with Crippen LogP contribution in [-0.2, 0) is 27.3 Å². The maximum atomic E-state index is 13.0. The molecule has 0 aromatic rings. The van der Waals surface area contributed by atoms with E-state index in [4.69, 9.17) is 13.6 Å². The molecular formula is C36H78N3O6P3. The molecule has 3 heterocycles. The Morgan fingerprint density at radius 3 is 0.729 bits per heavy atom. The van der Waals surface area contributed by atoms with Crippen LogP contribution in [0.4, 0.5) is 0 Å². The second-order valence-electron chi connectivity index (χ2n) is 20.5. The van der Waals surface area contributed by atoms with Gasteiger partial charge in [0.15, 0.2) is 0 Å². The van der Waals surface area contributed by atoms with E-state index in [9.17, 15) is 13.7 Å². The fourth-order valence-electron chi connectivity index (χ4n) is 5.96. The number of nitrogens with zero attached hydrogens (tertiary/aromatic N) is 3. The van der Waals surface area contributed by atoms with Crippen LogP contribution in [0.15, 0.2) is 0 Å². The Hall–Kier alpha value is 0.450. The molecule has 0 amide bonds. The lowest BCUT2D eigenvalue weighted by atomic mass is 9.97. The largest absolute Gasteiger partial charge is 0.317 e. The van der Waals surface area contributed by atoms with E-state index in [1.54, 1.807) is 0 Å². The normalized spacial score (nSPS) is 29.4. The summed E-state index contributed by atoms with van der Waals surface area (Å²) in [5, 5.41) is -0.879. The first-order valence-corrected chi connectivity index (χ1v) is 22.9. The van der Waals surface area contributed by atoms with Crippen molar-refractivity contribution in [1.82, 2.24) is 14.0 Å². The van der Waals surface area contributed by atoms with Gasteiger partial charge in [-0.3, -0.25) is 13.7 Å². The molecule has 9 nitrogen and oxygen atoms in total. The molecule has 0 aliphatic carbocycles. The van der Waals surface area contributed by atoms with Gasteiger partial charge in [-0.15, -0.1) is 0 Å². The van der Waals surface area contributed by atoms with Crippen molar-refractivity contribution in [2.24, 2.45) is 16.2 Å². The molecule has 1 unspecified atom stereocenters. The van der Waals surface area contributed by atoms with Gasteiger partial charge in [-0.05, 0) is 97.8 Å². The van der Waals surface area contributed by atoms with Gasteiger partial charge in [0.2, 0.25) is 0 Å². The van der Waals surface area contributed by atoms with Gasteiger partial charge >= 0.3 is 0 Å². The van der Waals surface area contributed by atoms with Crippen LogP contribution in [-0.4, -0.2) is 88.6 Å². The Labute approximate surface area is 297 Å². The van der Waals surface area contributed by atoms with E-state index in [1.807, 2.05) is 62.3 Å². The van der Waals surface area contributed by atoms with Crippen molar-refractivity contribution in [2.75, 3.05) is 59.1 Å². The average Bonchev–Trinajstić information content (AvgIpc) is 2.85. The highest BCUT2D eigenvalue weighted by Crippen LogP contribution is 2.65. The number of hydrogen-bond acceptors (Lipinski definition) is 6. The van der Waals surface area contributed by atoms with Crippen molar-refractivity contribution in [1.29, 1.82) is 0 Å². The molecule has 0 bridgehead atoms. The summed E-state index contributed by atoms with van der Waals surface area (Å²) >= 11 is 0. The third kappa shape index (κ3) is 13.5. The molecule has 0 aromatic heterocycles. The molecule has 0 spiro atoms. The zero-order chi connectivity index (χ0) is 37.8. The van der Waals surface area contributed by atoms with Crippen molar-refractivity contribution >= 4 is 22.6 Å². The molecule has 3 rings (SSSR count). The quantitative estimate of drug-likeness (QED) is 0.262. The predicted octanol–water partition coefficient (Wildman–Crippen LogP) is 11.2. The lowest BCUT2D eigenvalue weighted by Crippen LogP contribution is -2.40. The fraction of sp³-hybridized carbons (Fsp3) is 1.00. The van der Waals surface area contributed by atoms with E-state index in [1.165, 1.54) is 0 Å². The van der Waals surface area contributed by atoms with Crippen LogP contribution in [0.2, 0.25) is 0 Å². The highest BCUT2D eigenvalue weighted by molar-refractivity contribution is 7.58. The van der Waals surface area contributed by atoms with E-state index >= 15 is 0 Å². The third-order valence-corrected chi connectivity index (χ3v) is 18.1. The molecule has 48 heavy (non-hydrogen) atoms. The lowest BCUT2D eigenvalue weighted by Gasteiger charge is -2.44. The standard InChI is InChI=1S/3C12H26NO2P/c3*1-11(2,3)10-13-8-7-9-15-16(13,14)12(4,5)6/h3*7-10H2,1-6H3/t2*16-;/m10./s1. The highest BCUT2D eigenvalue weighted by Gasteiger charge is 2.48. The molecule has 0 saturated carbocycles. The lowest BCUT2D eigenvalue weighted by molar-refractivity contribution is 0.165. The Bertz CT molecular complexity index is 1010. The molecule has 3 saturated heterocycles. The van der Waals surface area contributed by atoms with E-state index in [0.29, 0.717) is 19.8 Å². The molecular weight excluding hydrogens is 663 g/mol. The van der Waals surface area contributed by atoms with Crippen molar-refractivity contribution < 1.29 is 27.3 Å². The fourth-order valence-corrected chi connectivity index (χ4v) is 14.3. The minimum Gasteiger partial charge on any atom is -0.317 e.